The number of ether oxygens (including phenoxy) is 1. The molecule has 0 fully saturated rings. The summed E-state index contributed by atoms with van der Waals surface area (Å²) in [6.45, 7) is -0.443. The molecule has 0 aliphatic carbocycles. The van der Waals surface area contributed by atoms with Crippen LogP contribution in [0.4, 0.5) is 0 Å². The lowest BCUT2D eigenvalue weighted by atomic mass is 10.3. The number of nitrogens with two attached hydrogens (primary N) is 1. The molecular weight excluding hydrogens is 292 g/mol. The highest BCUT2D eigenvalue weighted by Gasteiger charge is 2.15. The average Bonchev–Trinajstić information content (AvgIpc) is 2.78. The van der Waals surface area contributed by atoms with E-state index in [1.54, 1.807) is 18.2 Å². The summed E-state index contributed by atoms with van der Waals surface area (Å²) in [5.74, 6) is 0.449. The van der Waals surface area contributed by atoms with Crippen LogP contribution in [-0.4, -0.2) is 42.9 Å². The quantitative estimate of drug-likeness (QED) is 0.695. The van der Waals surface area contributed by atoms with E-state index in [1.807, 2.05) is 0 Å². The van der Waals surface area contributed by atoms with Crippen LogP contribution in [0.5, 0.6) is 5.75 Å². The van der Waals surface area contributed by atoms with Gasteiger partial charge in [0.05, 0.1) is 16.8 Å². The van der Waals surface area contributed by atoms with Gasteiger partial charge in [-0.2, -0.15) is 0 Å². The van der Waals surface area contributed by atoms with E-state index in [-0.39, 0.29) is 10.9 Å². The van der Waals surface area contributed by atoms with Gasteiger partial charge in [0, 0.05) is 0 Å². The van der Waals surface area contributed by atoms with Crippen LogP contribution in [0, 0.1) is 0 Å². The van der Waals surface area contributed by atoms with E-state index >= 15 is 0 Å². The standard InChI is InChI=1S/C10H12N2O5S2/c11-19(15,16)10-12-8-2-1-7(3-9(8)18-10)17-5-6(14)4-13/h1-3,6,13-14H,4-5H2,(H2,11,15,16). The number of aliphatic hydroxyl groups excluding tert-OH is 2. The Morgan fingerprint density at radius 3 is 2.84 bits per heavy atom. The van der Waals surface area contributed by atoms with Gasteiger partial charge in [0.1, 0.15) is 18.5 Å². The van der Waals surface area contributed by atoms with E-state index in [9.17, 15) is 8.42 Å². The fourth-order valence-electron chi connectivity index (χ4n) is 1.34. The minimum atomic E-state index is -3.81. The Bertz CT molecular complexity index is 682. The van der Waals surface area contributed by atoms with Crippen LogP contribution in [0.2, 0.25) is 0 Å². The number of fused-ring (bicyclic) bond motifs is 1. The Morgan fingerprint density at radius 2 is 2.21 bits per heavy atom. The van der Waals surface area contributed by atoms with Crippen molar-refractivity contribution in [1.29, 1.82) is 0 Å². The van der Waals surface area contributed by atoms with Crippen molar-refractivity contribution in [2.45, 2.75) is 10.4 Å². The maximum atomic E-state index is 11.2. The van der Waals surface area contributed by atoms with Crippen LogP contribution in [0.1, 0.15) is 0 Å². The van der Waals surface area contributed by atoms with Gasteiger partial charge in [-0.15, -0.1) is 11.3 Å². The van der Waals surface area contributed by atoms with Crippen molar-refractivity contribution in [2.75, 3.05) is 13.2 Å². The van der Waals surface area contributed by atoms with E-state index in [0.717, 1.165) is 11.3 Å². The molecule has 0 aliphatic heterocycles. The van der Waals surface area contributed by atoms with Gasteiger partial charge in [0.25, 0.3) is 10.0 Å². The van der Waals surface area contributed by atoms with Gasteiger partial charge in [0.15, 0.2) is 0 Å². The summed E-state index contributed by atoms with van der Waals surface area (Å²) in [5, 5.41) is 22.8. The van der Waals surface area contributed by atoms with Gasteiger partial charge >= 0.3 is 0 Å². The molecule has 1 unspecified atom stereocenters. The first-order chi connectivity index (χ1) is 8.90. The number of aromatic nitrogens is 1. The molecule has 1 aromatic heterocycles. The Labute approximate surface area is 113 Å². The van der Waals surface area contributed by atoms with Crippen LogP contribution in [-0.2, 0) is 10.0 Å². The first kappa shape index (κ1) is 14.2. The summed E-state index contributed by atoms with van der Waals surface area (Å²) in [6.07, 6.45) is -0.961. The molecule has 0 spiro atoms. The van der Waals surface area contributed by atoms with Crippen molar-refractivity contribution < 1.29 is 23.4 Å². The molecule has 0 saturated heterocycles. The number of benzene rings is 1. The summed E-state index contributed by atoms with van der Waals surface area (Å²) in [6, 6.07) is 4.80. The Hall–Kier alpha value is -1.26. The first-order valence-corrected chi connectivity index (χ1v) is 7.61. The predicted molar refractivity (Wildman–Crippen MR) is 69.6 cm³/mol. The highest BCUT2D eigenvalue weighted by atomic mass is 32.2. The third-order valence-corrected chi connectivity index (χ3v) is 4.57. The second-order valence-corrected chi connectivity index (χ2v) is 6.57. The fourth-order valence-corrected chi connectivity index (χ4v) is 3.03. The molecule has 19 heavy (non-hydrogen) atoms. The van der Waals surface area contributed by atoms with Gasteiger partial charge in [-0.05, 0) is 18.2 Å². The number of rotatable bonds is 5. The number of nitrogens with zero attached hydrogens (tertiary/aromatic N) is 1. The molecule has 4 N–H and O–H groups in total. The molecule has 0 aliphatic rings. The van der Waals surface area contributed by atoms with Crippen molar-refractivity contribution in [1.82, 2.24) is 4.98 Å². The second-order valence-electron chi connectivity index (χ2n) is 3.80. The average molecular weight is 304 g/mol. The smallest absolute Gasteiger partial charge is 0.265 e. The lowest BCUT2D eigenvalue weighted by Crippen LogP contribution is -2.21. The molecule has 0 radical (unpaired) electrons. The van der Waals surface area contributed by atoms with Crippen molar-refractivity contribution >= 4 is 31.6 Å². The summed E-state index contributed by atoms with van der Waals surface area (Å²) < 4.78 is 28.1. The zero-order valence-corrected chi connectivity index (χ0v) is 11.3. The molecule has 2 rings (SSSR count). The van der Waals surface area contributed by atoms with Crippen LogP contribution >= 0.6 is 11.3 Å². The fraction of sp³-hybridized carbons (Fsp3) is 0.300. The number of thiazole rings is 1. The van der Waals surface area contributed by atoms with E-state index in [0.29, 0.717) is 16.0 Å². The summed E-state index contributed by atoms with van der Waals surface area (Å²) in [5.41, 5.74) is 0.504. The lowest BCUT2D eigenvalue weighted by Gasteiger charge is -2.09. The van der Waals surface area contributed by atoms with Crippen molar-refractivity contribution in [3.05, 3.63) is 18.2 Å². The number of sulfonamides is 1. The number of aliphatic hydroxyl groups is 2. The van der Waals surface area contributed by atoms with Gasteiger partial charge < -0.3 is 14.9 Å². The molecule has 1 aromatic carbocycles. The Morgan fingerprint density at radius 1 is 1.47 bits per heavy atom. The molecule has 1 atom stereocenters. The molecule has 1 heterocycles. The predicted octanol–water partition coefficient (Wildman–Crippen LogP) is -0.324. The monoisotopic (exact) mass is 304 g/mol. The molecule has 9 heteroatoms. The van der Waals surface area contributed by atoms with Crippen molar-refractivity contribution in [2.24, 2.45) is 5.14 Å². The molecule has 7 nitrogen and oxygen atoms in total. The maximum absolute atomic E-state index is 11.2. The summed E-state index contributed by atoms with van der Waals surface area (Å²) in [7, 11) is -3.81. The highest BCUT2D eigenvalue weighted by Crippen LogP contribution is 2.28. The van der Waals surface area contributed by atoms with E-state index in [4.69, 9.17) is 20.1 Å². The van der Waals surface area contributed by atoms with Gasteiger partial charge in [-0.3, -0.25) is 0 Å². The van der Waals surface area contributed by atoms with E-state index < -0.39 is 22.7 Å². The zero-order chi connectivity index (χ0) is 14.0. The number of hydrogen-bond acceptors (Lipinski definition) is 7. The minimum absolute atomic E-state index is 0.0527. The second kappa shape index (κ2) is 5.39. The third kappa shape index (κ3) is 3.39. The molecule has 0 bridgehead atoms. The largest absolute Gasteiger partial charge is 0.491 e. The Balaban J connectivity index is 2.26. The zero-order valence-electron chi connectivity index (χ0n) is 9.68. The van der Waals surface area contributed by atoms with Crippen LogP contribution in [0.25, 0.3) is 10.2 Å². The van der Waals surface area contributed by atoms with Crippen molar-refractivity contribution in [3.63, 3.8) is 0 Å². The normalized spacial score (nSPS) is 13.6. The van der Waals surface area contributed by atoms with Crippen LogP contribution in [0.3, 0.4) is 0 Å². The number of hydrogen-bond donors (Lipinski definition) is 3. The number of primary sulfonamides is 1. The summed E-state index contributed by atoms with van der Waals surface area (Å²) in [4.78, 5) is 3.90. The van der Waals surface area contributed by atoms with Crippen LogP contribution in [0.15, 0.2) is 22.5 Å². The van der Waals surface area contributed by atoms with Gasteiger partial charge in [-0.1, -0.05) is 0 Å². The van der Waals surface area contributed by atoms with Gasteiger partial charge in [0.2, 0.25) is 4.34 Å². The highest BCUT2D eigenvalue weighted by molar-refractivity contribution is 7.91. The van der Waals surface area contributed by atoms with Crippen LogP contribution < -0.4 is 9.88 Å². The van der Waals surface area contributed by atoms with Crippen molar-refractivity contribution in [3.8, 4) is 5.75 Å². The lowest BCUT2D eigenvalue weighted by molar-refractivity contribution is 0.0536. The molecule has 2 aromatic rings. The topological polar surface area (TPSA) is 123 Å². The molecule has 0 saturated carbocycles. The molecular formula is C10H12N2O5S2. The molecule has 104 valence electrons. The van der Waals surface area contributed by atoms with E-state index in [1.165, 1.54) is 0 Å². The Kier molecular flexibility index (Phi) is 4.02. The minimum Gasteiger partial charge on any atom is -0.491 e. The first-order valence-electron chi connectivity index (χ1n) is 5.25. The van der Waals surface area contributed by atoms with E-state index in [2.05, 4.69) is 4.98 Å². The maximum Gasteiger partial charge on any atom is 0.265 e. The molecule has 0 amide bonds. The van der Waals surface area contributed by atoms with Gasteiger partial charge in [-0.25, -0.2) is 18.5 Å². The third-order valence-electron chi connectivity index (χ3n) is 2.24. The SMILES string of the molecule is NS(=O)(=O)c1nc2ccc(OCC(O)CO)cc2s1. The summed E-state index contributed by atoms with van der Waals surface area (Å²) >= 11 is 0.942.